The molecule has 3 aromatic rings. The third kappa shape index (κ3) is 4.87. The van der Waals surface area contributed by atoms with Gasteiger partial charge in [-0.1, -0.05) is 0 Å². The van der Waals surface area contributed by atoms with Gasteiger partial charge in [0.05, 0.1) is 35.5 Å². The maximum atomic E-state index is 14.7. The van der Waals surface area contributed by atoms with Gasteiger partial charge in [-0.2, -0.15) is 10.4 Å². The second-order valence-electron chi connectivity index (χ2n) is 7.34. The SMILES string of the molecule is COC[C@@H](Nc1nc(Nc2ccc3c(c2)c(C)nn3C)c(C#N)cc1F)[C@H](C)NC(=O)O. The number of carbonyl (C=O) groups is 1. The first-order valence-corrected chi connectivity index (χ1v) is 9.79. The third-order valence-corrected chi connectivity index (χ3v) is 5.02. The summed E-state index contributed by atoms with van der Waals surface area (Å²) < 4.78 is 21.5. The Bertz CT molecular complexity index is 1190. The number of carboxylic acid groups (broad SMARTS) is 1. The largest absolute Gasteiger partial charge is 0.465 e. The van der Waals surface area contributed by atoms with Crippen molar-refractivity contribution in [1.82, 2.24) is 20.1 Å². The van der Waals surface area contributed by atoms with Crippen LogP contribution < -0.4 is 16.0 Å². The highest BCUT2D eigenvalue weighted by atomic mass is 19.1. The van der Waals surface area contributed by atoms with Gasteiger partial charge in [0.25, 0.3) is 0 Å². The molecule has 0 radical (unpaired) electrons. The Hall–Kier alpha value is -3.91. The minimum atomic E-state index is -1.21. The van der Waals surface area contributed by atoms with E-state index in [1.54, 1.807) is 11.6 Å². The van der Waals surface area contributed by atoms with E-state index in [-0.39, 0.29) is 23.8 Å². The molecule has 0 aliphatic rings. The van der Waals surface area contributed by atoms with Crippen LogP contribution in [0.2, 0.25) is 0 Å². The Balaban J connectivity index is 1.93. The van der Waals surface area contributed by atoms with Crippen molar-refractivity contribution >= 4 is 34.3 Å². The molecule has 3 rings (SSSR count). The van der Waals surface area contributed by atoms with Crippen LogP contribution in [-0.2, 0) is 11.8 Å². The molecule has 0 saturated carbocycles. The summed E-state index contributed by atoms with van der Waals surface area (Å²) in [6.45, 7) is 3.62. The second-order valence-corrected chi connectivity index (χ2v) is 7.34. The molecule has 1 aromatic carbocycles. The number of aromatic nitrogens is 3. The maximum Gasteiger partial charge on any atom is 0.404 e. The number of hydrogen-bond donors (Lipinski definition) is 4. The standard InChI is InChI=1S/C21H24FN7O3/c1-11-15-8-14(5-6-18(15)29(3)28-11)25-19-13(9-23)7-16(22)20(27-19)26-17(10-32-4)12(2)24-21(30)31/h5-8,12,17,24H,10H2,1-4H3,(H,30,31)(H2,25,26,27)/t12-,17+/m0/s1. The summed E-state index contributed by atoms with van der Waals surface area (Å²) in [6, 6.07) is 7.39. The van der Waals surface area contributed by atoms with E-state index in [9.17, 15) is 14.4 Å². The lowest BCUT2D eigenvalue weighted by atomic mass is 10.1. The van der Waals surface area contributed by atoms with E-state index in [1.807, 2.05) is 38.2 Å². The Morgan fingerprint density at radius 3 is 2.78 bits per heavy atom. The molecule has 4 N–H and O–H groups in total. The average molecular weight is 441 g/mol. The van der Waals surface area contributed by atoms with Gasteiger partial charge in [-0.05, 0) is 38.1 Å². The van der Waals surface area contributed by atoms with Crippen molar-refractivity contribution in [2.75, 3.05) is 24.4 Å². The van der Waals surface area contributed by atoms with Crippen molar-refractivity contribution < 1.29 is 19.0 Å². The highest BCUT2D eigenvalue weighted by molar-refractivity contribution is 5.86. The first kappa shape index (κ1) is 22.8. The Kier molecular flexibility index (Phi) is 6.75. The number of fused-ring (bicyclic) bond motifs is 1. The molecule has 0 aliphatic heterocycles. The normalized spacial score (nSPS) is 12.8. The lowest BCUT2D eigenvalue weighted by Crippen LogP contribution is -2.47. The molecule has 11 heteroatoms. The predicted molar refractivity (Wildman–Crippen MR) is 118 cm³/mol. The van der Waals surface area contributed by atoms with Crippen molar-refractivity contribution in [2.24, 2.45) is 7.05 Å². The van der Waals surface area contributed by atoms with Gasteiger partial charge >= 0.3 is 6.09 Å². The van der Waals surface area contributed by atoms with Gasteiger partial charge in [0.1, 0.15) is 6.07 Å². The molecule has 2 atom stereocenters. The van der Waals surface area contributed by atoms with E-state index >= 15 is 0 Å². The van der Waals surface area contributed by atoms with Crippen LogP contribution >= 0.6 is 0 Å². The van der Waals surface area contributed by atoms with Crippen molar-refractivity contribution in [3.05, 3.63) is 41.3 Å². The fourth-order valence-corrected chi connectivity index (χ4v) is 3.39. The zero-order valence-electron chi connectivity index (χ0n) is 18.1. The van der Waals surface area contributed by atoms with Crippen LogP contribution in [0.3, 0.4) is 0 Å². The average Bonchev–Trinajstić information content (AvgIpc) is 3.02. The molecule has 0 aliphatic carbocycles. The first-order valence-electron chi connectivity index (χ1n) is 9.79. The summed E-state index contributed by atoms with van der Waals surface area (Å²) in [6.07, 6.45) is -1.21. The number of amides is 1. The Morgan fingerprint density at radius 2 is 2.12 bits per heavy atom. The van der Waals surface area contributed by atoms with Crippen LogP contribution in [0.5, 0.6) is 0 Å². The van der Waals surface area contributed by atoms with Gasteiger partial charge < -0.3 is 25.8 Å². The highest BCUT2D eigenvalue weighted by Crippen LogP contribution is 2.27. The number of hydrogen-bond acceptors (Lipinski definition) is 7. The molecule has 0 saturated heterocycles. The number of ether oxygens (including phenoxy) is 1. The molecule has 2 aromatic heterocycles. The summed E-state index contributed by atoms with van der Waals surface area (Å²) in [5.74, 6) is -0.715. The van der Waals surface area contributed by atoms with Gasteiger partial charge in [0.2, 0.25) is 0 Å². The van der Waals surface area contributed by atoms with Crippen LogP contribution in [0.15, 0.2) is 24.3 Å². The predicted octanol–water partition coefficient (Wildman–Crippen LogP) is 3.11. The molecule has 0 fully saturated rings. The molecular formula is C21H24FN7O3. The minimum Gasteiger partial charge on any atom is -0.465 e. The third-order valence-electron chi connectivity index (χ3n) is 5.02. The number of methoxy groups -OCH3 is 1. The van der Waals surface area contributed by atoms with Gasteiger partial charge in [-0.15, -0.1) is 0 Å². The number of pyridine rings is 1. The molecule has 2 heterocycles. The van der Waals surface area contributed by atoms with Gasteiger partial charge in [0.15, 0.2) is 17.5 Å². The topological polar surface area (TPSA) is 137 Å². The Morgan fingerprint density at radius 1 is 1.38 bits per heavy atom. The van der Waals surface area contributed by atoms with Crippen LogP contribution in [0.25, 0.3) is 10.9 Å². The summed E-state index contributed by atoms with van der Waals surface area (Å²) in [4.78, 5) is 15.2. The quantitative estimate of drug-likeness (QED) is 0.418. The molecule has 1 amide bonds. The van der Waals surface area contributed by atoms with E-state index < -0.39 is 24.0 Å². The van der Waals surface area contributed by atoms with E-state index in [0.29, 0.717) is 5.69 Å². The second kappa shape index (κ2) is 9.49. The van der Waals surface area contributed by atoms with Gasteiger partial charge in [0, 0.05) is 25.2 Å². The van der Waals surface area contributed by atoms with Crippen molar-refractivity contribution in [1.29, 1.82) is 5.26 Å². The van der Waals surface area contributed by atoms with E-state index in [2.05, 4.69) is 26.0 Å². The fraction of sp³-hybridized carbons (Fsp3) is 0.333. The van der Waals surface area contributed by atoms with E-state index in [4.69, 9.17) is 9.84 Å². The summed E-state index contributed by atoms with van der Waals surface area (Å²) >= 11 is 0. The van der Waals surface area contributed by atoms with E-state index in [0.717, 1.165) is 22.7 Å². The van der Waals surface area contributed by atoms with E-state index in [1.165, 1.54) is 7.11 Å². The molecule has 0 spiro atoms. The van der Waals surface area contributed by atoms with Crippen molar-refractivity contribution in [2.45, 2.75) is 25.9 Å². The van der Waals surface area contributed by atoms with Crippen LogP contribution in [0, 0.1) is 24.1 Å². The zero-order chi connectivity index (χ0) is 23.4. The molecule has 168 valence electrons. The minimum absolute atomic E-state index is 0.0241. The number of halogens is 1. The van der Waals surface area contributed by atoms with Gasteiger partial charge in [-0.3, -0.25) is 4.68 Å². The number of anilines is 3. The van der Waals surface area contributed by atoms with Crippen molar-refractivity contribution in [3.8, 4) is 6.07 Å². The molecular weight excluding hydrogens is 417 g/mol. The summed E-state index contributed by atoms with van der Waals surface area (Å²) in [5, 5.41) is 32.0. The van der Waals surface area contributed by atoms with Crippen LogP contribution in [-0.4, -0.2) is 51.8 Å². The molecule has 0 bridgehead atoms. The zero-order valence-corrected chi connectivity index (χ0v) is 18.1. The van der Waals surface area contributed by atoms with Crippen LogP contribution in [0.1, 0.15) is 18.2 Å². The summed E-state index contributed by atoms with van der Waals surface area (Å²) in [7, 11) is 3.31. The molecule has 10 nitrogen and oxygen atoms in total. The number of aryl methyl sites for hydroxylation is 2. The maximum absolute atomic E-state index is 14.7. The number of rotatable bonds is 8. The number of nitrogens with zero attached hydrogens (tertiary/aromatic N) is 4. The fourth-order valence-electron chi connectivity index (χ4n) is 3.39. The number of nitrogens with one attached hydrogen (secondary N) is 3. The highest BCUT2D eigenvalue weighted by Gasteiger charge is 2.22. The molecule has 0 unspecified atom stereocenters. The Labute approximate surface area is 184 Å². The first-order chi connectivity index (χ1) is 15.2. The van der Waals surface area contributed by atoms with Crippen molar-refractivity contribution in [3.63, 3.8) is 0 Å². The van der Waals surface area contributed by atoms with Gasteiger partial charge in [-0.25, -0.2) is 14.2 Å². The lowest BCUT2D eigenvalue weighted by Gasteiger charge is -2.25. The monoisotopic (exact) mass is 441 g/mol. The summed E-state index contributed by atoms with van der Waals surface area (Å²) in [5.41, 5.74) is 2.48. The molecule has 32 heavy (non-hydrogen) atoms. The lowest BCUT2D eigenvalue weighted by molar-refractivity contribution is 0.163. The number of nitriles is 1. The smallest absolute Gasteiger partial charge is 0.404 e. The van der Waals surface area contributed by atoms with Crippen LogP contribution in [0.4, 0.5) is 26.5 Å². The number of benzene rings is 1.